The van der Waals surface area contributed by atoms with Crippen LogP contribution in [0, 0.1) is 27.7 Å². The van der Waals surface area contributed by atoms with Crippen molar-refractivity contribution in [3.05, 3.63) is 38.8 Å². The van der Waals surface area contributed by atoms with Gasteiger partial charge in [0.05, 0.1) is 11.4 Å². The van der Waals surface area contributed by atoms with Crippen molar-refractivity contribution in [3.8, 4) is 0 Å². The Labute approximate surface area is 129 Å². The molecule has 1 aromatic carbocycles. The Morgan fingerprint density at radius 2 is 1.90 bits per heavy atom. The van der Waals surface area contributed by atoms with Gasteiger partial charge < -0.3 is 5.73 Å². The van der Waals surface area contributed by atoms with Crippen LogP contribution in [0.25, 0.3) is 0 Å². The van der Waals surface area contributed by atoms with Crippen LogP contribution in [0.1, 0.15) is 27.4 Å². The van der Waals surface area contributed by atoms with Crippen molar-refractivity contribution in [1.82, 2.24) is 9.71 Å². The molecule has 21 heavy (non-hydrogen) atoms. The molecule has 2 aromatic rings. The monoisotopic (exact) mass is 325 g/mol. The van der Waals surface area contributed by atoms with E-state index in [0.717, 1.165) is 16.3 Å². The van der Waals surface area contributed by atoms with Crippen LogP contribution in [0.15, 0.2) is 16.3 Å². The first-order chi connectivity index (χ1) is 9.72. The van der Waals surface area contributed by atoms with Crippen molar-refractivity contribution < 1.29 is 8.42 Å². The number of nitrogens with zero attached hydrogens (tertiary/aromatic N) is 1. The third kappa shape index (κ3) is 3.25. The highest BCUT2D eigenvalue weighted by molar-refractivity contribution is 7.89. The Balaban J connectivity index is 2.34. The molecule has 0 aliphatic carbocycles. The molecule has 2 rings (SSSR count). The summed E-state index contributed by atoms with van der Waals surface area (Å²) in [5.41, 5.74) is 9.54. The lowest BCUT2D eigenvalue weighted by atomic mass is 10.1. The second kappa shape index (κ2) is 5.75. The van der Waals surface area contributed by atoms with Gasteiger partial charge >= 0.3 is 0 Å². The molecule has 0 fully saturated rings. The Hall–Kier alpha value is -1.44. The SMILES string of the molecule is Cc1csc(CNS(=O)(=O)c2c(C)cc(C)c(N)c2C)n1. The van der Waals surface area contributed by atoms with Gasteiger partial charge in [-0.3, -0.25) is 0 Å². The fourth-order valence-electron chi connectivity index (χ4n) is 2.31. The van der Waals surface area contributed by atoms with Gasteiger partial charge in [0.15, 0.2) is 0 Å². The minimum atomic E-state index is -3.61. The predicted molar refractivity (Wildman–Crippen MR) is 85.9 cm³/mol. The van der Waals surface area contributed by atoms with Crippen molar-refractivity contribution in [1.29, 1.82) is 0 Å². The Morgan fingerprint density at radius 1 is 1.24 bits per heavy atom. The molecule has 0 aliphatic heterocycles. The first kappa shape index (κ1) is 15.9. The molecule has 0 bridgehead atoms. The van der Waals surface area contributed by atoms with E-state index in [0.29, 0.717) is 16.8 Å². The van der Waals surface area contributed by atoms with Crippen LogP contribution in [0.5, 0.6) is 0 Å². The molecule has 3 N–H and O–H groups in total. The van der Waals surface area contributed by atoms with E-state index in [-0.39, 0.29) is 11.4 Å². The lowest BCUT2D eigenvalue weighted by Gasteiger charge is -2.15. The lowest BCUT2D eigenvalue weighted by Crippen LogP contribution is -2.25. The summed E-state index contributed by atoms with van der Waals surface area (Å²) < 4.78 is 27.7. The minimum absolute atomic E-state index is 0.188. The van der Waals surface area contributed by atoms with Crippen LogP contribution >= 0.6 is 11.3 Å². The Morgan fingerprint density at radius 3 is 2.48 bits per heavy atom. The van der Waals surface area contributed by atoms with Crippen LogP contribution in [0.2, 0.25) is 0 Å². The molecule has 0 aliphatic rings. The van der Waals surface area contributed by atoms with Crippen LogP contribution in [0.3, 0.4) is 0 Å². The van der Waals surface area contributed by atoms with Crippen LogP contribution < -0.4 is 10.5 Å². The van der Waals surface area contributed by atoms with Crippen LogP contribution in [0.4, 0.5) is 5.69 Å². The topological polar surface area (TPSA) is 85.1 Å². The maximum absolute atomic E-state index is 12.5. The molecule has 0 saturated carbocycles. The van der Waals surface area contributed by atoms with Gasteiger partial charge in [0.1, 0.15) is 5.01 Å². The molecule has 0 amide bonds. The van der Waals surface area contributed by atoms with Crippen molar-refractivity contribution in [2.75, 3.05) is 5.73 Å². The number of rotatable bonds is 4. The summed E-state index contributed by atoms with van der Waals surface area (Å²) in [5, 5.41) is 2.63. The Bertz CT molecular complexity index is 780. The smallest absolute Gasteiger partial charge is 0.241 e. The first-order valence-corrected chi connectivity index (χ1v) is 8.85. The van der Waals surface area contributed by atoms with E-state index in [1.54, 1.807) is 19.9 Å². The maximum atomic E-state index is 12.5. The number of hydrogen-bond donors (Lipinski definition) is 2. The van der Waals surface area contributed by atoms with Gasteiger partial charge in [0.25, 0.3) is 0 Å². The van der Waals surface area contributed by atoms with Crippen molar-refractivity contribution in [2.24, 2.45) is 0 Å². The average Bonchev–Trinajstić information content (AvgIpc) is 2.79. The van der Waals surface area contributed by atoms with E-state index in [9.17, 15) is 8.42 Å². The number of hydrogen-bond acceptors (Lipinski definition) is 5. The van der Waals surface area contributed by atoms with Gasteiger partial charge in [-0.15, -0.1) is 11.3 Å². The first-order valence-electron chi connectivity index (χ1n) is 6.49. The van der Waals surface area contributed by atoms with Crippen molar-refractivity contribution >= 4 is 27.0 Å². The summed E-state index contributed by atoms with van der Waals surface area (Å²) in [4.78, 5) is 4.51. The van der Waals surface area contributed by atoms with Crippen molar-refractivity contribution in [2.45, 2.75) is 39.1 Å². The molecule has 0 spiro atoms. The van der Waals surface area contributed by atoms with E-state index < -0.39 is 10.0 Å². The zero-order valence-corrected chi connectivity index (χ0v) is 14.2. The zero-order chi connectivity index (χ0) is 15.8. The van der Waals surface area contributed by atoms with Gasteiger partial charge in [0, 0.05) is 16.8 Å². The molecular formula is C14H19N3O2S2. The number of sulfonamides is 1. The highest BCUT2D eigenvalue weighted by atomic mass is 32.2. The van der Waals surface area contributed by atoms with Gasteiger partial charge in [-0.25, -0.2) is 18.1 Å². The summed E-state index contributed by atoms with van der Waals surface area (Å²) in [7, 11) is -3.61. The summed E-state index contributed by atoms with van der Waals surface area (Å²) >= 11 is 1.44. The molecule has 1 aromatic heterocycles. The van der Waals surface area contributed by atoms with Gasteiger partial charge in [-0.05, 0) is 44.4 Å². The minimum Gasteiger partial charge on any atom is -0.398 e. The summed E-state index contributed by atoms with van der Waals surface area (Å²) in [6, 6.07) is 1.80. The summed E-state index contributed by atoms with van der Waals surface area (Å²) in [6.45, 7) is 7.45. The second-order valence-corrected chi connectivity index (χ2v) is 7.73. The quantitative estimate of drug-likeness (QED) is 0.846. The lowest BCUT2D eigenvalue weighted by molar-refractivity contribution is 0.580. The fourth-order valence-corrected chi connectivity index (χ4v) is 4.58. The molecule has 0 radical (unpaired) electrons. The standard InChI is InChI=1S/C14H19N3O2S2/c1-8-5-9(2)14(11(4)13(8)15)21(18,19)16-6-12-17-10(3)7-20-12/h5,7,16H,6,15H2,1-4H3. The molecule has 0 atom stereocenters. The highest BCUT2D eigenvalue weighted by Gasteiger charge is 2.22. The third-order valence-electron chi connectivity index (χ3n) is 3.31. The normalized spacial score (nSPS) is 11.8. The number of thiazole rings is 1. The number of aryl methyl sites for hydroxylation is 3. The van der Waals surface area contributed by atoms with E-state index in [1.165, 1.54) is 11.3 Å². The second-order valence-electron chi connectivity index (χ2n) is 5.09. The van der Waals surface area contributed by atoms with E-state index in [4.69, 9.17) is 5.73 Å². The van der Waals surface area contributed by atoms with Crippen molar-refractivity contribution in [3.63, 3.8) is 0 Å². The number of nitrogens with one attached hydrogen (secondary N) is 1. The predicted octanol–water partition coefficient (Wildman–Crippen LogP) is 2.44. The largest absolute Gasteiger partial charge is 0.398 e. The maximum Gasteiger partial charge on any atom is 0.241 e. The molecule has 1 heterocycles. The number of aromatic nitrogens is 1. The highest BCUT2D eigenvalue weighted by Crippen LogP contribution is 2.28. The van der Waals surface area contributed by atoms with Gasteiger partial charge in [0.2, 0.25) is 10.0 Å². The summed E-state index contributed by atoms with van der Waals surface area (Å²) in [6.07, 6.45) is 0. The van der Waals surface area contributed by atoms with Crippen LogP contribution in [-0.4, -0.2) is 13.4 Å². The van der Waals surface area contributed by atoms with Gasteiger partial charge in [-0.1, -0.05) is 6.07 Å². The zero-order valence-electron chi connectivity index (χ0n) is 12.5. The number of nitrogen functional groups attached to an aromatic ring is 1. The fraction of sp³-hybridized carbons (Fsp3) is 0.357. The third-order valence-corrected chi connectivity index (χ3v) is 5.97. The Kier molecular flexibility index (Phi) is 4.36. The number of nitrogens with two attached hydrogens (primary N) is 1. The molecule has 0 saturated heterocycles. The summed E-state index contributed by atoms with van der Waals surface area (Å²) in [5.74, 6) is 0. The molecule has 0 unspecified atom stereocenters. The molecular weight excluding hydrogens is 306 g/mol. The number of anilines is 1. The van der Waals surface area contributed by atoms with E-state index >= 15 is 0 Å². The molecule has 7 heteroatoms. The van der Waals surface area contributed by atoms with E-state index in [2.05, 4.69) is 9.71 Å². The molecule has 5 nitrogen and oxygen atoms in total. The molecule has 114 valence electrons. The number of benzene rings is 1. The van der Waals surface area contributed by atoms with Gasteiger partial charge in [-0.2, -0.15) is 0 Å². The van der Waals surface area contributed by atoms with Crippen LogP contribution in [-0.2, 0) is 16.6 Å². The van der Waals surface area contributed by atoms with E-state index in [1.807, 2.05) is 19.2 Å². The average molecular weight is 325 g/mol.